The van der Waals surface area contributed by atoms with Crippen molar-refractivity contribution in [1.29, 1.82) is 0 Å². The van der Waals surface area contributed by atoms with Crippen molar-refractivity contribution in [3.8, 4) is 0 Å². The molecule has 0 aromatic rings. The van der Waals surface area contributed by atoms with E-state index >= 15 is 0 Å². The van der Waals surface area contributed by atoms with E-state index in [1.165, 1.54) is 25.7 Å². The molecule has 1 unspecified atom stereocenters. The summed E-state index contributed by atoms with van der Waals surface area (Å²) in [4.78, 5) is 0. The Hall–Kier alpha value is -0.0800. The normalized spacial score (nSPS) is 24.2. The van der Waals surface area contributed by atoms with Gasteiger partial charge in [0.15, 0.2) is 0 Å². The number of rotatable bonds is 4. The molecule has 2 N–H and O–H groups in total. The van der Waals surface area contributed by atoms with Crippen LogP contribution in [-0.4, -0.2) is 18.8 Å². The minimum atomic E-state index is -0.00743. The first-order valence-corrected chi connectivity index (χ1v) is 6.06. The van der Waals surface area contributed by atoms with E-state index in [-0.39, 0.29) is 11.6 Å². The van der Waals surface area contributed by atoms with E-state index in [1.807, 2.05) is 7.11 Å². The summed E-state index contributed by atoms with van der Waals surface area (Å²) in [6.45, 7) is 2.19. The maximum Gasteiger partial charge on any atom is 0.0828 e. The molecule has 0 spiro atoms. The predicted molar refractivity (Wildman–Crippen MR) is 60.3 cm³/mol. The van der Waals surface area contributed by atoms with E-state index < -0.39 is 0 Å². The van der Waals surface area contributed by atoms with Crippen molar-refractivity contribution < 1.29 is 4.74 Å². The van der Waals surface area contributed by atoms with Crippen LogP contribution in [0.5, 0.6) is 0 Å². The first-order valence-electron chi connectivity index (χ1n) is 6.06. The number of hydrogen-bond acceptors (Lipinski definition) is 2. The zero-order valence-electron chi connectivity index (χ0n) is 9.72. The van der Waals surface area contributed by atoms with Crippen LogP contribution in [0.25, 0.3) is 0 Å². The lowest BCUT2D eigenvalue weighted by Gasteiger charge is -2.37. The molecule has 0 amide bonds. The third-order valence-electron chi connectivity index (χ3n) is 3.63. The van der Waals surface area contributed by atoms with Gasteiger partial charge in [0.25, 0.3) is 0 Å². The van der Waals surface area contributed by atoms with Crippen molar-refractivity contribution in [2.75, 3.05) is 7.11 Å². The Morgan fingerprint density at radius 2 is 1.79 bits per heavy atom. The predicted octanol–water partition coefficient (Wildman–Crippen LogP) is 2.85. The second-order valence-corrected chi connectivity index (χ2v) is 4.58. The molecule has 0 heterocycles. The molecular weight excluding hydrogens is 174 g/mol. The summed E-state index contributed by atoms with van der Waals surface area (Å²) >= 11 is 0. The van der Waals surface area contributed by atoms with Crippen LogP contribution in [-0.2, 0) is 4.74 Å². The SMILES string of the molecule is CCCC(N)C1(OC)CCCCCC1. The first-order chi connectivity index (χ1) is 6.75. The molecule has 0 aliphatic heterocycles. The van der Waals surface area contributed by atoms with Gasteiger partial charge < -0.3 is 10.5 Å². The standard InChI is InChI=1S/C12H25NO/c1-3-8-11(13)12(14-2)9-6-4-5-7-10-12/h11H,3-10,13H2,1-2H3. The Balaban J connectivity index is 2.61. The van der Waals surface area contributed by atoms with Gasteiger partial charge in [-0.1, -0.05) is 39.0 Å². The highest BCUT2D eigenvalue weighted by atomic mass is 16.5. The second-order valence-electron chi connectivity index (χ2n) is 4.58. The summed E-state index contributed by atoms with van der Waals surface area (Å²) in [6, 6.07) is 0.232. The lowest BCUT2D eigenvalue weighted by atomic mass is 9.84. The van der Waals surface area contributed by atoms with Crippen LogP contribution >= 0.6 is 0 Å². The Morgan fingerprint density at radius 3 is 2.21 bits per heavy atom. The zero-order valence-corrected chi connectivity index (χ0v) is 9.72. The van der Waals surface area contributed by atoms with Crippen LogP contribution in [0.3, 0.4) is 0 Å². The minimum Gasteiger partial charge on any atom is -0.377 e. The number of hydrogen-bond donors (Lipinski definition) is 1. The molecule has 1 aliphatic rings. The van der Waals surface area contributed by atoms with Crippen molar-refractivity contribution >= 4 is 0 Å². The van der Waals surface area contributed by atoms with E-state index in [1.54, 1.807) is 0 Å². The lowest BCUT2D eigenvalue weighted by Crippen LogP contribution is -2.49. The Labute approximate surface area is 88.2 Å². The zero-order chi connectivity index (χ0) is 10.4. The molecule has 1 atom stereocenters. The quantitative estimate of drug-likeness (QED) is 0.707. The molecule has 1 fully saturated rings. The maximum absolute atomic E-state index is 6.25. The fraction of sp³-hybridized carbons (Fsp3) is 1.00. The average Bonchev–Trinajstić information content (AvgIpc) is 2.44. The molecule has 1 aliphatic carbocycles. The monoisotopic (exact) mass is 199 g/mol. The van der Waals surface area contributed by atoms with E-state index in [0.29, 0.717) is 0 Å². The maximum atomic E-state index is 6.25. The van der Waals surface area contributed by atoms with Gasteiger partial charge in [-0.15, -0.1) is 0 Å². The van der Waals surface area contributed by atoms with Gasteiger partial charge in [0.05, 0.1) is 5.60 Å². The molecule has 14 heavy (non-hydrogen) atoms. The van der Waals surface area contributed by atoms with Gasteiger partial charge in [0.1, 0.15) is 0 Å². The Kier molecular flexibility index (Phi) is 4.90. The molecule has 1 saturated carbocycles. The van der Waals surface area contributed by atoms with Crippen LogP contribution < -0.4 is 5.73 Å². The van der Waals surface area contributed by atoms with Crippen molar-refractivity contribution in [2.24, 2.45) is 5.73 Å². The van der Waals surface area contributed by atoms with Gasteiger partial charge in [-0.05, 0) is 19.3 Å². The van der Waals surface area contributed by atoms with Gasteiger partial charge in [0.2, 0.25) is 0 Å². The van der Waals surface area contributed by atoms with Gasteiger partial charge in [-0.25, -0.2) is 0 Å². The van der Waals surface area contributed by atoms with E-state index in [0.717, 1.165) is 25.7 Å². The van der Waals surface area contributed by atoms with Gasteiger partial charge in [0, 0.05) is 13.2 Å². The highest BCUT2D eigenvalue weighted by Gasteiger charge is 2.36. The van der Waals surface area contributed by atoms with Crippen LogP contribution in [0.15, 0.2) is 0 Å². The van der Waals surface area contributed by atoms with Crippen LogP contribution in [0.1, 0.15) is 58.3 Å². The number of methoxy groups -OCH3 is 1. The lowest BCUT2D eigenvalue weighted by molar-refractivity contribution is -0.0451. The van der Waals surface area contributed by atoms with Gasteiger partial charge >= 0.3 is 0 Å². The van der Waals surface area contributed by atoms with Crippen molar-refractivity contribution in [1.82, 2.24) is 0 Å². The largest absolute Gasteiger partial charge is 0.377 e. The first kappa shape index (κ1) is 12.0. The third-order valence-corrected chi connectivity index (χ3v) is 3.63. The summed E-state index contributed by atoms with van der Waals surface area (Å²) in [5, 5.41) is 0. The fourth-order valence-corrected chi connectivity index (χ4v) is 2.63. The molecule has 2 heteroatoms. The van der Waals surface area contributed by atoms with Crippen LogP contribution in [0.2, 0.25) is 0 Å². The molecule has 84 valence electrons. The molecule has 0 saturated heterocycles. The summed E-state index contributed by atoms with van der Waals surface area (Å²) in [5.41, 5.74) is 6.24. The van der Waals surface area contributed by atoms with Crippen molar-refractivity contribution in [3.05, 3.63) is 0 Å². The van der Waals surface area contributed by atoms with Gasteiger partial charge in [-0.3, -0.25) is 0 Å². The molecule has 1 rings (SSSR count). The fourth-order valence-electron chi connectivity index (χ4n) is 2.63. The summed E-state index contributed by atoms with van der Waals surface area (Å²) < 4.78 is 5.75. The molecule has 0 aromatic carbocycles. The van der Waals surface area contributed by atoms with E-state index in [2.05, 4.69) is 6.92 Å². The highest BCUT2D eigenvalue weighted by molar-refractivity contribution is 4.92. The molecular formula is C12H25NO. The summed E-state index contributed by atoms with van der Waals surface area (Å²) in [5.74, 6) is 0. The second kappa shape index (κ2) is 5.72. The molecule has 0 aromatic heterocycles. The van der Waals surface area contributed by atoms with E-state index in [9.17, 15) is 0 Å². The smallest absolute Gasteiger partial charge is 0.0828 e. The Morgan fingerprint density at radius 1 is 1.21 bits per heavy atom. The summed E-state index contributed by atoms with van der Waals surface area (Å²) in [7, 11) is 1.83. The third kappa shape index (κ3) is 2.71. The van der Waals surface area contributed by atoms with Crippen molar-refractivity contribution in [3.63, 3.8) is 0 Å². The molecule has 0 radical (unpaired) electrons. The summed E-state index contributed by atoms with van der Waals surface area (Å²) in [6.07, 6.45) is 9.83. The molecule has 0 bridgehead atoms. The topological polar surface area (TPSA) is 35.2 Å². The highest BCUT2D eigenvalue weighted by Crippen LogP contribution is 2.33. The molecule has 2 nitrogen and oxygen atoms in total. The minimum absolute atomic E-state index is 0.00743. The average molecular weight is 199 g/mol. The van der Waals surface area contributed by atoms with Crippen LogP contribution in [0, 0.1) is 0 Å². The van der Waals surface area contributed by atoms with Crippen molar-refractivity contribution in [2.45, 2.75) is 69.9 Å². The van der Waals surface area contributed by atoms with E-state index in [4.69, 9.17) is 10.5 Å². The number of nitrogens with two attached hydrogens (primary N) is 1. The Bertz CT molecular complexity index is 150. The van der Waals surface area contributed by atoms with Crippen LogP contribution in [0.4, 0.5) is 0 Å². The van der Waals surface area contributed by atoms with Gasteiger partial charge in [-0.2, -0.15) is 0 Å². The number of ether oxygens (including phenoxy) is 1.